The Balaban J connectivity index is 3.06. The quantitative estimate of drug-likeness (QED) is 0.454. The molecule has 0 N–H and O–H groups in total. The van der Waals surface area contributed by atoms with E-state index in [1.54, 1.807) is 0 Å². The first-order chi connectivity index (χ1) is 5.00. The van der Waals surface area contributed by atoms with Crippen molar-refractivity contribution in [1.29, 1.82) is 0 Å². The third-order valence-corrected chi connectivity index (χ3v) is 2.66. The van der Waals surface area contributed by atoms with Gasteiger partial charge in [0.05, 0.1) is 0 Å². The second-order valence-corrected chi connectivity index (χ2v) is 4.75. The topological polar surface area (TPSA) is 0 Å². The zero-order valence-corrected chi connectivity index (χ0v) is 6.94. The average molecular weight is 176 g/mol. The number of halogens is 3. The van der Waals surface area contributed by atoms with E-state index < -0.39 is 14.6 Å². The summed E-state index contributed by atoms with van der Waals surface area (Å²) in [5.74, 6) is -0.600. The van der Waals surface area contributed by atoms with Gasteiger partial charge in [-0.1, -0.05) is 12.1 Å². The Hall–Kier alpha value is -0.773. The SMILES string of the molecule is C[Si](F)(F)c1cccc(F)c1. The lowest BCUT2D eigenvalue weighted by atomic mass is 10.3. The lowest BCUT2D eigenvalue weighted by Gasteiger charge is -2.05. The fraction of sp³-hybridized carbons (Fsp3) is 0.143. The molecule has 0 amide bonds. The van der Waals surface area contributed by atoms with E-state index in [1.165, 1.54) is 12.1 Å². The van der Waals surface area contributed by atoms with Crippen LogP contribution >= 0.6 is 0 Å². The molecular weight excluding hydrogens is 169 g/mol. The smallest absolute Gasteiger partial charge is 0.265 e. The molecule has 60 valence electrons. The molecular formula is C7H7F3Si. The number of benzene rings is 1. The second-order valence-electron chi connectivity index (χ2n) is 2.40. The number of hydrogen-bond donors (Lipinski definition) is 0. The third-order valence-electron chi connectivity index (χ3n) is 1.33. The summed E-state index contributed by atoms with van der Waals surface area (Å²) in [5.41, 5.74) is 0. The maximum Gasteiger partial charge on any atom is 0.452 e. The minimum atomic E-state index is -4.30. The highest BCUT2D eigenvalue weighted by atomic mass is 28.4. The van der Waals surface area contributed by atoms with E-state index in [1.807, 2.05) is 0 Å². The summed E-state index contributed by atoms with van der Waals surface area (Å²) in [7, 11) is -4.30. The molecule has 0 saturated heterocycles. The first-order valence-corrected chi connectivity index (χ1v) is 5.39. The van der Waals surface area contributed by atoms with Crippen LogP contribution in [0.2, 0.25) is 6.55 Å². The van der Waals surface area contributed by atoms with Crippen molar-refractivity contribution in [3.63, 3.8) is 0 Å². The number of rotatable bonds is 1. The molecule has 1 rings (SSSR count). The van der Waals surface area contributed by atoms with E-state index in [0.29, 0.717) is 0 Å². The molecule has 11 heavy (non-hydrogen) atoms. The Bertz CT molecular complexity index is 254. The van der Waals surface area contributed by atoms with Crippen molar-refractivity contribution in [2.75, 3.05) is 0 Å². The van der Waals surface area contributed by atoms with Gasteiger partial charge in [0.25, 0.3) is 0 Å². The third kappa shape index (κ3) is 2.08. The summed E-state index contributed by atoms with van der Waals surface area (Å²) >= 11 is 0. The summed E-state index contributed by atoms with van der Waals surface area (Å²) in [4.78, 5) is 0. The molecule has 0 nitrogen and oxygen atoms in total. The summed E-state index contributed by atoms with van der Waals surface area (Å²) < 4.78 is 37.6. The predicted molar refractivity (Wildman–Crippen MR) is 39.9 cm³/mol. The van der Waals surface area contributed by atoms with Gasteiger partial charge in [-0.3, -0.25) is 8.22 Å². The van der Waals surface area contributed by atoms with Crippen molar-refractivity contribution >= 4 is 13.9 Å². The summed E-state index contributed by atoms with van der Waals surface area (Å²) in [5, 5.41) is -0.155. The standard InChI is InChI=1S/C7H7F3Si/c1-11(9,10)7-4-2-3-6(8)5-7/h2-5H,1H3. The van der Waals surface area contributed by atoms with Crippen LogP contribution in [0.3, 0.4) is 0 Å². The van der Waals surface area contributed by atoms with E-state index in [9.17, 15) is 12.6 Å². The van der Waals surface area contributed by atoms with Gasteiger partial charge in [0.2, 0.25) is 0 Å². The molecule has 0 saturated carbocycles. The van der Waals surface area contributed by atoms with Crippen LogP contribution in [-0.4, -0.2) is 8.74 Å². The fourth-order valence-corrected chi connectivity index (χ4v) is 1.54. The summed E-state index contributed by atoms with van der Waals surface area (Å²) in [6.45, 7) is 0.877. The first-order valence-electron chi connectivity index (χ1n) is 3.14. The lowest BCUT2D eigenvalue weighted by molar-refractivity contribution is 0.621. The molecule has 0 aliphatic rings. The number of hydrogen-bond acceptors (Lipinski definition) is 0. The highest BCUT2D eigenvalue weighted by Crippen LogP contribution is 2.07. The lowest BCUT2D eigenvalue weighted by Crippen LogP contribution is -2.35. The van der Waals surface area contributed by atoms with Gasteiger partial charge < -0.3 is 0 Å². The van der Waals surface area contributed by atoms with Crippen molar-refractivity contribution < 1.29 is 12.6 Å². The van der Waals surface area contributed by atoms with Crippen LogP contribution in [0, 0.1) is 5.82 Å². The van der Waals surface area contributed by atoms with Crippen LogP contribution in [0.25, 0.3) is 0 Å². The van der Waals surface area contributed by atoms with Gasteiger partial charge in [-0.05, 0) is 18.7 Å². The molecule has 4 heteroatoms. The Morgan fingerprint density at radius 2 is 1.91 bits per heavy atom. The van der Waals surface area contributed by atoms with Crippen LogP contribution < -0.4 is 5.19 Å². The monoisotopic (exact) mass is 176 g/mol. The van der Waals surface area contributed by atoms with Crippen LogP contribution in [0.15, 0.2) is 24.3 Å². The first kappa shape index (κ1) is 8.32. The van der Waals surface area contributed by atoms with E-state index >= 15 is 0 Å². The van der Waals surface area contributed by atoms with Crippen molar-refractivity contribution in [3.05, 3.63) is 30.1 Å². The maximum absolute atomic E-state index is 12.6. The zero-order valence-electron chi connectivity index (χ0n) is 5.94. The van der Waals surface area contributed by atoms with Gasteiger partial charge >= 0.3 is 8.74 Å². The minimum absolute atomic E-state index is 0.155. The van der Waals surface area contributed by atoms with Crippen LogP contribution in [0.5, 0.6) is 0 Å². The largest absolute Gasteiger partial charge is 0.452 e. The molecule has 0 atom stereocenters. The average Bonchev–Trinajstić information content (AvgIpc) is 1.86. The van der Waals surface area contributed by atoms with E-state index in [-0.39, 0.29) is 5.19 Å². The fourth-order valence-electron chi connectivity index (χ4n) is 0.762. The minimum Gasteiger partial charge on any atom is -0.265 e. The Kier molecular flexibility index (Phi) is 2.04. The van der Waals surface area contributed by atoms with E-state index in [0.717, 1.165) is 18.7 Å². The molecule has 1 aromatic rings. The highest BCUT2D eigenvalue weighted by molar-refractivity contribution is 6.78. The molecule has 0 aliphatic heterocycles. The van der Waals surface area contributed by atoms with Crippen molar-refractivity contribution in [3.8, 4) is 0 Å². The normalized spacial score (nSPS) is 11.6. The summed E-state index contributed by atoms with van der Waals surface area (Å²) in [6.07, 6.45) is 0. The van der Waals surface area contributed by atoms with Gasteiger partial charge in [-0.2, -0.15) is 0 Å². The zero-order chi connectivity index (χ0) is 8.48. The van der Waals surface area contributed by atoms with Gasteiger partial charge in [0.15, 0.2) is 0 Å². The molecule has 0 radical (unpaired) electrons. The van der Waals surface area contributed by atoms with Crippen LogP contribution in [0.4, 0.5) is 12.6 Å². The van der Waals surface area contributed by atoms with E-state index in [4.69, 9.17) is 0 Å². The predicted octanol–water partition coefficient (Wildman–Crippen LogP) is 2.04. The Morgan fingerprint density at radius 1 is 1.27 bits per heavy atom. The van der Waals surface area contributed by atoms with Crippen molar-refractivity contribution in [1.82, 2.24) is 0 Å². The molecule has 0 aromatic heterocycles. The molecule has 0 spiro atoms. The summed E-state index contributed by atoms with van der Waals surface area (Å²) in [6, 6.07) is 4.61. The van der Waals surface area contributed by atoms with Gasteiger partial charge in [0, 0.05) is 5.19 Å². The van der Waals surface area contributed by atoms with Crippen molar-refractivity contribution in [2.45, 2.75) is 6.55 Å². The molecule has 0 bridgehead atoms. The molecule has 1 aromatic carbocycles. The van der Waals surface area contributed by atoms with Crippen molar-refractivity contribution in [2.24, 2.45) is 0 Å². The van der Waals surface area contributed by atoms with E-state index in [2.05, 4.69) is 0 Å². The molecule has 0 aliphatic carbocycles. The Labute approximate surface area is 64.0 Å². The molecule has 0 fully saturated rings. The van der Waals surface area contributed by atoms with Gasteiger partial charge in [-0.15, -0.1) is 0 Å². The molecule has 0 unspecified atom stereocenters. The van der Waals surface area contributed by atoms with Crippen LogP contribution in [0.1, 0.15) is 0 Å². The Morgan fingerprint density at radius 3 is 2.27 bits per heavy atom. The van der Waals surface area contributed by atoms with Gasteiger partial charge in [-0.25, -0.2) is 4.39 Å². The van der Waals surface area contributed by atoms with Crippen LogP contribution in [-0.2, 0) is 0 Å². The maximum atomic E-state index is 12.6. The second kappa shape index (κ2) is 2.69. The molecule has 0 heterocycles. The highest BCUT2D eigenvalue weighted by Gasteiger charge is 2.30. The van der Waals surface area contributed by atoms with Gasteiger partial charge in [0.1, 0.15) is 5.82 Å².